The van der Waals surface area contributed by atoms with Crippen molar-refractivity contribution in [1.82, 2.24) is 5.32 Å². The van der Waals surface area contributed by atoms with Gasteiger partial charge in [0.1, 0.15) is 0 Å². The maximum absolute atomic E-state index is 6.19. The third-order valence-corrected chi connectivity index (χ3v) is 4.70. The summed E-state index contributed by atoms with van der Waals surface area (Å²) in [6.45, 7) is 5.21. The van der Waals surface area contributed by atoms with Crippen LogP contribution in [0.5, 0.6) is 0 Å². The molecule has 1 nitrogen and oxygen atoms in total. The minimum atomic E-state index is 0.506. The second-order valence-corrected chi connectivity index (χ2v) is 7.10. The largest absolute Gasteiger partial charge is 0.310 e. The van der Waals surface area contributed by atoms with Crippen LogP contribution in [0.15, 0.2) is 47.4 Å². The number of nitrogens with one attached hydrogen (secondary N) is 1. The van der Waals surface area contributed by atoms with Gasteiger partial charge in [-0.2, -0.15) is 0 Å². The molecule has 0 spiro atoms. The molecule has 112 valence electrons. The molecule has 0 saturated heterocycles. The predicted octanol–water partition coefficient (Wildman–Crippen LogP) is 5.78. The van der Waals surface area contributed by atoms with Crippen LogP contribution in [0, 0.1) is 0 Å². The molecule has 0 amide bonds. The summed E-state index contributed by atoms with van der Waals surface area (Å²) in [6, 6.07) is 14.8. The smallest absolute Gasteiger partial charge is 0.0461 e. The zero-order chi connectivity index (χ0) is 15.2. The first kappa shape index (κ1) is 16.7. The first-order valence-corrected chi connectivity index (χ1v) is 8.68. The summed E-state index contributed by atoms with van der Waals surface area (Å²) in [5, 5.41) is 4.82. The summed E-state index contributed by atoms with van der Waals surface area (Å²) in [5.74, 6) is 0.847. The molecular formula is C17H19Cl2NS. The van der Waals surface area contributed by atoms with Gasteiger partial charge in [-0.25, -0.2) is 0 Å². The molecule has 2 aromatic carbocycles. The van der Waals surface area contributed by atoms with Gasteiger partial charge in [-0.1, -0.05) is 55.2 Å². The van der Waals surface area contributed by atoms with E-state index < -0.39 is 0 Å². The van der Waals surface area contributed by atoms with Gasteiger partial charge in [-0.3, -0.25) is 0 Å². The Morgan fingerprint density at radius 2 is 1.76 bits per heavy atom. The second-order valence-electron chi connectivity index (χ2n) is 5.20. The lowest BCUT2D eigenvalue weighted by atomic mass is 10.2. The Bertz CT molecular complexity index is 582. The molecule has 0 heterocycles. The third-order valence-electron chi connectivity index (χ3n) is 3.05. The monoisotopic (exact) mass is 339 g/mol. The number of rotatable bonds is 6. The molecule has 21 heavy (non-hydrogen) atoms. The standard InChI is InChI=1S/C17H19Cl2NS/c1-12(2)20-10-13-3-7-16(8-4-13)21-11-14-5-6-15(18)9-17(14)19/h3-9,12,20H,10-11H2,1-2H3. The van der Waals surface area contributed by atoms with Crippen molar-refractivity contribution in [3.8, 4) is 0 Å². The highest BCUT2D eigenvalue weighted by Crippen LogP contribution is 2.28. The van der Waals surface area contributed by atoms with Gasteiger partial charge in [-0.15, -0.1) is 11.8 Å². The van der Waals surface area contributed by atoms with E-state index in [9.17, 15) is 0 Å². The molecule has 0 atom stereocenters. The Morgan fingerprint density at radius 1 is 1.05 bits per heavy atom. The first-order chi connectivity index (χ1) is 10.0. The summed E-state index contributed by atoms with van der Waals surface area (Å²) >= 11 is 13.9. The highest BCUT2D eigenvalue weighted by atomic mass is 35.5. The highest BCUT2D eigenvalue weighted by molar-refractivity contribution is 7.98. The van der Waals surface area contributed by atoms with Crippen molar-refractivity contribution < 1.29 is 0 Å². The molecule has 0 fully saturated rings. The van der Waals surface area contributed by atoms with Gasteiger partial charge >= 0.3 is 0 Å². The molecule has 0 unspecified atom stereocenters. The number of benzene rings is 2. The topological polar surface area (TPSA) is 12.0 Å². The molecule has 1 N–H and O–H groups in total. The normalized spacial score (nSPS) is 11.1. The lowest BCUT2D eigenvalue weighted by Gasteiger charge is -2.09. The van der Waals surface area contributed by atoms with Crippen LogP contribution in [0.3, 0.4) is 0 Å². The number of hydrogen-bond acceptors (Lipinski definition) is 2. The van der Waals surface area contributed by atoms with Crippen molar-refractivity contribution in [2.24, 2.45) is 0 Å². The Morgan fingerprint density at radius 3 is 2.38 bits per heavy atom. The molecule has 4 heteroatoms. The van der Waals surface area contributed by atoms with Crippen LogP contribution >= 0.6 is 35.0 Å². The molecule has 0 radical (unpaired) electrons. The van der Waals surface area contributed by atoms with Gasteiger partial charge in [0.05, 0.1) is 0 Å². The van der Waals surface area contributed by atoms with Crippen LogP contribution in [-0.2, 0) is 12.3 Å². The zero-order valence-electron chi connectivity index (χ0n) is 12.2. The fraction of sp³-hybridized carbons (Fsp3) is 0.294. The quantitative estimate of drug-likeness (QED) is 0.669. The Hall–Kier alpha value is -0.670. The van der Waals surface area contributed by atoms with E-state index >= 15 is 0 Å². The van der Waals surface area contributed by atoms with E-state index in [4.69, 9.17) is 23.2 Å². The van der Waals surface area contributed by atoms with Crippen molar-refractivity contribution in [2.75, 3.05) is 0 Å². The SMILES string of the molecule is CC(C)NCc1ccc(SCc2ccc(Cl)cc2Cl)cc1. The van der Waals surface area contributed by atoms with Crippen LogP contribution < -0.4 is 5.32 Å². The van der Waals surface area contributed by atoms with Gasteiger partial charge in [0.25, 0.3) is 0 Å². The van der Waals surface area contributed by atoms with Crippen molar-refractivity contribution >= 4 is 35.0 Å². The summed E-state index contributed by atoms with van der Waals surface area (Å²) in [6.07, 6.45) is 0. The highest BCUT2D eigenvalue weighted by Gasteiger charge is 2.03. The van der Waals surface area contributed by atoms with Gasteiger partial charge < -0.3 is 5.32 Å². The van der Waals surface area contributed by atoms with Crippen molar-refractivity contribution in [3.05, 3.63) is 63.6 Å². The molecular weight excluding hydrogens is 321 g/mol. The van der Waals surface area contributed by atoms with Crippen LogP contribution in [0.4, 0.5) is 0 Å². The maximum Gasteiger partial charge on any atom is 0.0461 e. The second kappa shape index (κ2) is 8.09. The summed E-state index contributed by atoms with van der Waals surface area (Å²) in [7, 11) is 0. The molecule has 0 aliphatic heterocycles. The number of halogens is 2. The van der Waals surface area contributed by atoms with Crippen LogP contribution in [0.1, 0.15) is 25.0 Å². The minimum Gasteiger partial charge on any atom is -0.310 e. The van der Waals surface area contributed by atoms with Gasteiger partial charge in [0.2, 0.25) is 0 Å². The summed E-state index contributed by atoms with van der Waals surface area (Å²) in [5.41, 5.74) is 2.41. The molecule has 2 aromatic rings. The molecule has 0 bridgehead atoms. The Kier molecular flexibility index (Phi) is 6.43. The Labute approximate surface area is 141 Å². The van der Waals surface area contributed by atoms with Gasteiger partial charge in [-0.05, 0) is 35.4 Å². The van der Waals surface area contributed by atoms with E-state index in [-0.39, 0.29) is 0 Å². The molecule has 0 aliphatic carbocycles. The summed E-state index contributed by atoms with van der Waals surface area (Å²) in [4.78, 5) is 1.24. The van der Waals surface area contributed by atoms with E-state index in [0.29, 0.717) is 11.1 Å². The Balaban J connectivity index is 1.91. The fourth-order valence-electron chi connectivity index (χ4n) is 1.83. The minimum absolute atomic E-state index is 0.506. The molecule has 0 aliphatic rings. The van der Waals surface area contributed by atoms with Crippen molar-refractivity contribution in [3.63, 3.8) is 0 Å². The van der Waals surface area contributed by atoms with Crippen LogP contribution in [0.25, 0.3) is 0 Å². The summed E-state index contributed by atoms with van der Waals surface area (Å²) < 4.78 is 0. The average molecular weight is 340 g/mol. The molecule has 2 rings (SSSR count). The van der Waals surface area contributed by atoms with Crippen LogP contribution in [-0.4, -0.2) is 6.04 Å². The number of hydrogen-bond donors (Lipinski definition) is 1. The lowest BCUT2D eigenvalue weighted by Crippen LogP contribution is -2.21. The predicted molar refractivity (Wildman–Crippen MR) is 94.4 cm³/mol. The molecule has 0 saturated carbocycles. The van der Waals surface area contributed by atoms with E-state index in [1.165, 1.54) is 10.5 Å². The van der Waals surface area contributed by atoms with E-state index in [1.807, 2.05) is 12.1 Å². The third kappa shape index (κ3) is 5.55. The van der Waals surface area contributed by atoms with E-state index in [1.54, 1.807) is 17.8 Å². The van der Waals surface area contributed by atoms with Crippen LogP contribution in [0.2, 0.25) is 10.0 Å². The van der Waals surface area contributed by atoms with Gasteiger partial charge in [0.15, 0.2) is 0 Å². The maximum atomic E-state index is 6.19. The average Bonchev–Trinajstić information content (AvgIpc) is 2.45. The first-order valence-electron chi connectivity index (χ1n) is 6.93. The van der Waals surface area contributed by atoms with Gasteiger partial charge in [0, 0.05) is 33.3 Å². The fourth-order valence-corrected chi connectivity index (χ4v) is 3.28. The number of thioether (sulfide) groups is 1. The van der Waals surface area contributed by atoms with Crippen molar-refractivity contribution in [1.29, 1.82) is 0 Å². The van der Waals surface area contributed by atoms with E-state index in [0.717, 1.165) is 22.9 Å². The molecule has 0 aromatic heterocycles. The van der Waals surface area contributed by atoms with Crippen molar-refractivity contribution in [2.45, 2.75) is 37.1 Å². The zero-order valence-corrected chi connectivity index (χ0v) is 14.5. The lowest BCUT2D eigenvalue weighted by molar-refractivity contribution is 0.588. The van der Waals surface area contributed by atoms with E-state index in [2.05, 4.69) is 43.4 Å².